The van der Waals surface area contributed by atoms with Gasteiger partial charge in [-0.05, 0) is 73.2 Å². The van der Waals surface area contributed by atoms with Gasteiger partial charge in [-0.2, -0.15) is 0 Å². The topological polar surface area (TPSA) is 73.0 Å². The van der Waals surface area contributed by atoms with Gasteiger partial charge in [0, 0.05) is 19.1 Å². The Morgan fingerprint density at radius 2 is 2.04 bits per heavy atom. The lowest BCUT2D eigenvalue weighted by Gasteiger charge is -2.21. The number of nitrogens with one attached hydrogen (secondary N) is 2. The highest BCUT2D eigenvalue weighted by molar-refractivity contribution is 5.79. The van der Waals surface area contributed by atoms with Gasteiger partial charge in [0.2, 0.25) is 0 Å². The van der Waals surface area contributed by atoms with Crippen LogP contribution in [-0.2, 0) is 5.60 Å². The molecule has 0 fully saturated rings. The highest BCUT2D eigenvalue weighted by atomic mass is 16.4. The summed E-state index contributed by atoms with van der Waals surface area (Å²) in [5.41, 5.74) is -1.11. The smallest absolute Gasteiger partial charge is 0.191 e. The average Bonchev–Trinajstić information content (AvgIpc) is 2.99. The molecule has 0 radical (unpaired) electrons. The van der Waals surface area contributed by atoms with E-state index in [9.17, 15) is 5.11 Å². The molecule has 0 aliphatic carbocycles. The van der Waals surface area contributed by atoms with Gasteiger partial charge in [0.05, 0.1) is 6.54 Å². The number of hydrogen-bond acceptors (Lipinski definition) is 4. The van der Waals surface area contributed by atoms with Crippen LogP contribution in [0.3, 0.4) is 0 Å². The number of aryl methyl sites for hydroxylation is 1. The van der Waals surface area contributed by atoms with Crippen LogP contribution in [0.5, 0.6) is 0 Å². The van der Waals surface area contributed by atoms with E-state index in [2.05, 4.69) is 41.4 Å². The van der Waals surface area contributed by atoms with Gasteiger partial charge in [0.15, 0.2) is 5.96 Å². The first-order valence-corrected chi connectivity index (χ1v) is 9.28. The van der Waals surface area contributed by atoms with Crippen LogP contribution in [0, 0.1) is 6.92 Å². The van der Waals surface area contributed by atoms with Crippen molar-refractivity contribution >= 4 is 5.96 Å². The van der Waals surface area contributed by atoms with Gasteiger partial charge in [-0.25, -0.2) is 4.99 Å². The number of aliphatic imine (C=N–C) groups is 1. The van der Waals surface area contributed by atoms with Gasteiger partial charge < -0.3 is 25.1 Å². The third kappa shape index (κ3) is 7.92. The number of rotatable bonds is 10. The van der Waals surface area contributed by atoms with E-state index in [0.29, 0.717) is 11.8 Å². The van der Waals surface area contributed by atoms with E-state index < -0.39 is 5.60 Å². The molecule has 1 heterocycles. The molecule has 0 bridgehead atoms. The first-order chi connectivity index (χ1) is 11.8. The molecule has 6 heteroatoms. The van der Waals surface area contributed by atoms with Gasteiger partial charge in [0.25, 0.3) is 0 Å². The van der Waals surface area contributed by atoms with Crippen molar-refractivity contribution in [1.29, 1.82) is 0 Å². The first kappa shape index (κ1) is 21.5. The molecule has 6 nitrogen and oxygen atoms in total. The monoisotopic (exact) mass is 352 g/mol. The van der Waals surface area contributed by atoms with E-state index in [0.717, 1.165) is 44.2 Å². The van der Waals surface area contributed by atoms with Crippen molar-refractivity contribution in [1.82, 2.24) is 15.5 Å². The fraction of sp³-hybridized carbons (Fsp3) is 0.737. The fourth-order valence-electron chi connectivity index (χ4n) is 2.33. The number of furan rings is 1. The molecule has 3 N–H and O–H groups in total. The summed E-state index contributed by atoms with van der Waals surface area (Å²) in [4.78, 5) is 6.85. The zero-order valence-corrected chi connectivity index (χ0v) is 16.7. The number of nitrogens with zero attached hydrogens (tertiary/aromatic N) is 2. The molecule has 0 saturated carbocycles. The molecule has 0 amide bonds. The van der Waals surface area contributed by atoms with E-state index in [1.807, 2.05) is 19.9 Å². The summed E-state index contributed by atoms with van der Waals surface area (Å²) in [6.07, 6.45) is 2.22. The molecule has 0 aromatic carbocycles. The lowest BCUT2D eigenvalue weighted by molar-refractivity contribution is 0.0428. The van der Waals surface area contributed by atoms with Gasteiger partial charge in [0.1, 0.15) is 17.1 Å². The molecule has 0 aliphatic rings. The van der Waals surface area contributed by atoms with Crippen LogP contribution in [0.15, 0.2) is 21.5 Å². The zero-order valence-electron chi connectivity index (χ0n) is 16.7. The van der Waals surface area contributed by atoms with Crippen LogP contribution in [0.1, 0.15) is 52.1 Å². The molecule has 25 heavy (non-hydrogen) atoms. The zero-order chi connectivity index (χ0) is 18.9. The SMILES string of the molecule is CCNC(=NCC(C)(O)c1ccc(C)o1)NCCCCN(C)C(C)C. The highest BCUT2D eigenvalue weighted by Gasteiger charge is 2.26. The van der Waals surface area contributed by atoms with E-state index in [4.69, 9.17) is 4.42 Å². The minimum absolute atomic E-state index is 0.241. The largest absolute Gasteiger partial charge is 0.463 e. The number of aliphatic hydroxyl groups is 1. The molecule has 0 aliphatic heterocycles. The Kier molecular flexibility index (Phi) is 9.00. The predicted octanol–water partition coefficient (Wildman–Crippen LogP) is 2.47. The number of unbranched alkanes of at least 4 members (excludes halogenated alkanes) is 1. The Hall–Kier alpha value is -1.53. The molecule has 144 valence electrons. The number of hydrogen-bond donors (Lipinski definition) is 3. The minimum Gasteiger partial charge on any atom is -0.463 e. The van der Waals surface area contributed by atoms with Crippen molar-refractivity contribution in [3.63, 3.8) is 0 Å². The molecular weight excluding hydrogens is 316 g/mol. The predicted molar refractivity (Wildman–Crippen MR) is 104 cm³/mol. The molecule has 0 saturated heterocycles. The highest BCUT2D eigenvalue weighted by Crippen LogP contribution is 2.22. The molecule has 1 aromatic rings. The standard InChI is InChI=1S/C19H36N4O2/c1-7-20-18(21-12-8-9-13-23(6)15(2)3)22-14-19(5,24)17-11-10-16(4)25-17/h10-11,15,24H,7-9,12-14H2,1-6H3,(H2,20,21,22). The second kappa shape index (κ2) is 10.5. The Balaban J connectivity index is 2.45. The summed E-state index contributed by atoms with van der Waals surface area (Å²) in [6, 6.07) is 4.24. The quantitative estimate of drug-likeness (QED) is 0.343. The second-order valence-electron chi connectivity index (χ2n) is 7.09. The third-order valence-electron chi connectivity index (χ3n) is 4.27. The number of guanidine groups is 1. The van der Waals surface area contributed by atoms with Crippen molar-refractivity contribution in [3.05, 3.63) is 23.7 Å². The Morgan fingerprint density at radius 1 is 1.32 bits per heavy atom. The van der Waals surface area contributed by atoms with Crippen molar-refractivity contribution < 1.29 is 9.52 Å². The van der Waals surface area contributed by atoms with Crippen LogP contribution in [0.2, 0.25) is 0 Å². The Morgan fingerprint density at radius 3 is 2.60 bits per heavy atom. The summed E-state index contributed by atoms with van der Waals surface area (Å²) in [6.45, 7) is 13.0. The first-order valence-electron chi connectivity index (χ1n) is 9.28. The summed E-state index contributed by atoms with van der Waals surface area (Å²) in [7, 11) is 2.15. The molecule has 1 unspecified atom stereocenters. The van der Waals surface area contributed by atoms with Gasteiger partial charge in [-0.3, -0.25) is 0 Å². The molecule has 1 rings (SSSR count). The molecular formula is C19H36N4O2. The third-order valence-corrected chi connectivity index (χ3v) is 4.27. The van der Waals surface area contributed by atoms with Crippen LogP contribution >= 0.6 is 0 Å². The Bertz CT molecular complexity index is 523. The normalized spacial score (nSPS) is 14.8. The second-order valence-corrected chi connectivity index (χ2v) is 7.09. The molecule has 1 atom stereocenters. The van der Waals surface area contributed by atoms with Crippen molar-refractivity contribution in [2.24, 2.45) is 4.99 Å². The van der Waals surface area contributed by atoms with E-state index in [-0.39, 0.29) is 6.54 Å². The van der Waals surface area contributed by atoms with E-state index in [1.54, 1.807) is 13.0 Å². The average molecular weight is 353 g/mol. The maximum atomic E-state index is 10.6. The van der Waals surface area contributed by atoms with E-state index >= 15 is 0 Å². The Labute approximate surface area is 152 Å². The lowest BCUT2D eigenvalue weighted by atomic mass is 10.0. The van der Waals surface area contributed by atoms with E-state index in [1.165, 1.54) is 0 Å². The van der Waals surface area contributed by atoms with Gasteiger partial charge >= 0.3 is 0 Å². The maximum Gasteiger partial charge on any atom is 0.191 e. The molecule has 1 aromatic heterocycles. The fourth-order valence-corrected chi connectivity index (χ4v) is 2.33. The lowest BCUT2D eigenvalue weighted by Crippen LogP contribution is -2.39. The molecule has 0 spiro atoms. The van der Waals surface area contributed by atoms with Crippen molar-refractivity contribution in [3.8, 4) is 0 Å². The van der Waals surface area contributed by atoms with Crippen LogP contribution < -0.4 is 10.6 Å². The van der Waals surface area contributed by atoms with Gasteiger partial charge in [-0.1, -0.05) is 0 Å². The van der Waals surface area contributed by atoms with Crippen molar-refractivity contribution in [2.45, 2.75) is 59.1 Å². The van der Waals surface area contributed by atoms with Crippen molar-refractivity contribution in [2.75, 3.05) is 33.2 Å². The minimum atomic E-state index is -1.11. The summed E-state index contributed by atoms with van der Waals surface area (Å²) in [5, 5.41) is 17.1. The van der Waals surface area contributed by atoms with Gasteiger partial charge in [-0.15, -0.1) is 0 Å². The van der Waals surface area contributed by atoms with Crippen LogP contribution in [0.4, 0.5) is 0 Å². The maximum absolute atomic E-state index is 10.6. The summed E-state index contributed by atoms with van der Waals surface area (Å²) >= 11 is 0. The van der Waals surface area contributed by atoms with Crippen LogP contribution in [-0.4, -0.2) is 55.2 Å². The van der Waals surface area contributed by atoms with Crippen LogP contribution in [0.25, 0.3) is 0 Å². The summed E-state index contributed by atoms with van der Waals surface area (Å²) < 4.78 is 5.53. The summed E-state index contributed by atoms with van der Waals surface area (Å²) in [5.74, 6) is 2.06.